The molecule has 0 unspecified atom stereocenters. The minimum absolute atomic E-state index is 0.165. The molecule has 0 radical (unpaired) electrons. The topological polar surface area (TPSA) is 0 Å². The van der Waals surface area contributed by atoms with E-state index in [2.05, 4.69) is 72.9 Å². The molecule has 0 bridgehead atoms. The van der Waals surface area contributed by atoms with E-state index in [0.717, 1.165) is 12.8 Å². The highest BCUT2D eigenvalue weighted by molar-refractivity contribution is 5.68. The van der Waals surface area contributed by atoms with Crippen LogP contribution < -0.4 is 0 Å². The van der Waals surface area contributed by atoms with Crippen molar-refractivity contribution >= 4 is 5.57 Å². The van der Waals surface area contributed by atoms with Crippen molar-refractivity contribution in [2.24, 2.45) is 5.41 Å². The van der Waals surface area contributed by atoms with E-state index in [-0.39, 0.29) is 5.41 Å². The number of allylic oxidation sites excluding steroid dienone is 4. The van der Waals surface area contributed by atoms with Crippen LogP contribution in [0.4, 0.5) is 0 Å². The minimum Gasteiger partial charge on any atom is -0.103 e. The van der Waals surface area contributed by atoms with Gasteiger partial charge in [0, 0.05) is 0 Å². The van der Waals surface area contributed by atoms with Gasteiger partial charge in [-0.25, -0.2) is 0 Å². The van der Waals surface area contributed by atoms with Gasteiger partial charge in [-0.05, 0) is 73.8 Å². The lowest BCUT2D eigenvalue weighted by molar-refractivity contribution is 0.476. The highest BCUT2D eigenvalue weighted by atomic mass is 14.2. The Morgan fingerprint density at radius 3 is 2.24 bits per heavy atom. The Balaban J connectivity index is 2.83. The Morgan fingerprint density at radius 1 is 1.10 bits per heavy atom. The summed E-state index contributed by atoms with van der Waals surface area (Å²) in [6.45, 7) is 21.3. The number of hydrogen-bond acceptors (Lipinski definition) is 0. The summed E-state index contributed by atoms with van der Waals surface area (Å²) in [7, 11) is 0. The van der Waals surface area contributed by atoms with Crippen LogP contribution in [0, 0.1) is 26.2 Å². The lowest BCUT2D eigenvalue weighted by atomic mass is 9.85. The smallest absolute Gasteiger partial charge is 0.00947 e. The normalized spacial score (nSPS) is 12.4. The summed E-state index contributed by atoms with van der Waals surface area (Å²) in [5.74, 6) is 0. The van der Waals surface area contributed by atoms with Crippen LogP contribution in [-0.2, 0) is 0 Å². The Kier molecular flexibility index (Phi) is 5.78. The van der Waals surface area contributed by atoms with Gasteiger partial charge in [0.2, 0.25) is 0 Å². The van der Waals surface area contributed by atoms with E-state index in [0.29, 0.717) is 0 Å². The number of hydrogen-bond donors (Lipinski definition) is 0. The van der Waals surface area contributed by atoms with Crippen molar-refractivity contribution in [3.8, 4) is 0 Å². The first kappa shape index (κ1) is 17.5. The van der Waals surface area contributed by atoms with E-state index >= 15 is 0 Å². The molecule has 0 heteroatoms. The molecule has 0 spiro atoms. The summed E-state index contributed by atoms with van der Waals surface area (Å²) in [5.41, 5.74) is 8.08. The minimum atomic E-state index is 0.165. The summed E-state index contributed by atoms with van der Waals surface area (Å²) >= 11 is 0. The molecule has 114 valence electrons. The van der Waals surface area contributed by atoms with Crippen LogP contribution in [0.2, 0.25) is 0 Å². The molecular weight excluding hydrogens is 252 g/mol. The average Bonchev–Trinajstić information content (AvgIpc) is 2.39. The Bertz CT molecular complexity index is 568. The van der Waals surface area contributed by atoms with E-state index in [1.165, 1.54) is 33.4 Å². The van der Waals surface area contributed by atoms with Gasteiger partial charge >= 0.3 is 0 Å². The molecule has 0 nitrogen and oxygen atoms in total. The standard InChI is InChI=1S/C21H30/c1-9-21(7,8)14-15(2)10-11-16(3)20-13-18(5)17(4)12-19(20)6/h9-10,12-13H,1,3,11,14H2,2,4-8H3/b15-10-. The van der Waals surface area contributed by atoms with Gasteiger partial charge in [-0.2, -0.15) is 0 Å². The molecule has 0 aromatic heterocycles. The van der Waals surface area contributed by atoms with E-state index in [1.54, 1.807) is 0 Å². The van der Waals surface area contributed by atoms with E-state index in [1.807, 2.05) is 6.08 Å². The quantitative estimate of drug-likeness (QED) is 0.518. The van der Waals surface area contributed by atoms with Crippen molar-refractivity contribution in [2.75, 3.05) is 0 Å². The molecule has 1 rings (SSSR count). The van der Waals surface area contributed by atoms with Crippen molar-refractivity contribution in [1.82, 2.24) is 0 Å². The lowest BCUT2D eigenvalue weighted by Crippen LogP contribution is -2.06. The van der Waals surface area contributed by atoms with Crippen molar-refractivity contribution in [1.29, 1.82) is 0 Å². The van der Waals surface area contributed by atoms with Crippen LogP contribution in [-0.4, -0.2) is 0 Å². The van der Waals surface area contributed by atoms with Gasteiger partial charge in [-0.15, -0.1) is 6.58 Å². The molecular formula is C21H30. The fraction of sp³-hybridized carbons (Fsp3) is 0.429. The zero-order chi connectivity index (χ0) is 16.2. The Morgan fingerprint density at radius 2 is 1.67 bits per heavy atom. The number of rotatable bonds is 6. The second-order valence-corrected chi connectivity index (χ2v) is 6.98. The monoisotopic (exact) mass is 282 g/mol. The molecule has 0 aliphatic carbocycles. The second kappa shape index (κ2) is 6.93. The van der Waals surface area contributed by atoms with Gasteiger partial charge in [0.15, 0.2) is 0 Å². The largest absolute Gasteiger partial charge is 0.103 e. The first-order valence-corrected chi connectivity index (χ1v) is 7.71. The summed E-state index contributed by atoms with van der Waals surface area (Å²) in [6.07, 6.45) is 6.31. The highest BCUT2D eigenvalue weighted by Crippen LogP contribution is 2.28. The molecule has 1 aromatic rings. The summed E-state index contributed by atoms with van der Waals surface area (Å²) in [4.78, 5) is 0. The maximum absolute atomic E-state index is 4.28. The second-order valence-electron chi connectivity index (χ2n) is 6.98. The average molecular weight is 282 g/mol. The van der Waals surface area contributed by atoms with Gasteiger partial charge in [0.05, 0.1) is 0 Å². The zero-order valence-corrected chi connectivity index (χ0v) is 14.6. The Hall–Kier alpha value is -1.56. The van der Waals surface area contributed by atoms with E-state index in [4.69, 9.17) is 0 Å². The van der Waals surface area contributed by atoms with Crippen molar-refractivity contribution in [3.63, 3.8) is 0 Å². The first-order valence-electron chi connectivity index (χ1n) is 7.71. The molecule has 0 fully saturated rings. The fourth-order valence-corrected chi connectivity index (χ4v) is 2.61. The van der Waals surface area contributed by atoms with Gasteiger partial charge in [0.25, 0.3) is 0 Å². The third-order valence-electron chi connectivity index (χ3n) is 4.21. The molecule has 0 atom stereocenters. The summed E-state index contributed by atoms with van der Waals surface area (Å²) in [5, 5.41) is 0. The third-order valence-corrected chi connectivity index (χ3v) is 4.21. The van der Waals surface area contributed by atoms with Gasteiger partial charge < -0.3 is 0 Å². The zero-order valence-electron chi connectivity index (χ0n) is 14.6. The van der Waals surface area contributed by atoms with Crippen LogP contribution in [0.25, 0.3) is 5.57 Å². The van der Waals surface area contributed by atoms with Crippen LogP contribution in [0.1, 0.15) is 55.9 Å². The van der Waals surface area contributed by atoms with Crippen LogP contribution in [0.15, 0.2) is 43.0 Å². The SMILES string of the molecule is C=CC(C)(C)C/C(C)=C\CC(=C)c1cc(C)c(C)cc1C. The molecule has 21 heavy (non-hydrogen) atoms. The Labute approximate surface area is 131 Å². The van der Waals surface area contributed by atoms with Crippen molar-refractivity contribution in [3.05, 3.63) is 65.3 Å². The maximum atomic E-state index is 4.28. The predicted molar refractivity (Wildman–Crippen MR) is 96.7 cm³/mol. The van der Waals surface area contributed by atoms with Crippen LogP contribution in [0.3, 0.4) is 0 Å². The molecule has 0 N–H and O–H groups in total. The maximum Gasteiger partial charge on any atom is -0.00947 e. The van der Waals surface area contributed by atoms with Crippen LogP contribution in [0.5, 0.6) is 0 Å². The summed E-state index contributed by atoms with van der Waals surface area (Å²) in [6, 6.07) is 4.52. The number of aryl methyl sites for hydroxylation is 3. The molecule has 0 saturated carbocycles. The molecule has 0 heterocycles. The van der Waals surface area contributed by atoms with Gasteiger partial charge in [-0.3, -0.25) is 0 Å². The fourth-order valence-electron chi connectivity index (χ4n) is 2.61. The van der Waals surface area contributed by atoms with Crippen molar-refractivity contribution < 1.29 is 0 Å². The van der Waals surface area contributed by atoms with Gasteiger partial charge in [-0.1, -0.05) is 50.3 Å². The first-order chi connectivity index (χ1) is 9.66. The molecule has 0 amide bonds. The summed E-state index contributed by atoms with van der Waals surface area (Å²) < 4.78 is 0. The molecule has 0 aliphatic heterocycles. The van der Waals surface area contributed by atoms with E-state index in [9.17, 15) is 0 Å². The van der Waals surface area contributed by atoms with E-state index < -0.39 is 0 Å². The number of benzene rings is 1. The lowest BCUT2D eigenvalue weighted by Gasteiger charge is -2.20. The molecule has 1 aromatic carbocycles. The van der Waals surface area contributed by atoms with Crippen LogP contribution >= 0.6 is 0 Å². The third kappa shape index (κ3) is 5.04. The predicted octanol–water partition coefficient (Wildman–Crippen LogP) is 6.56. The molecule has 0 aliphatic rings. The highest BCUT2D eigenvalue weighted by Gasteiger charge is 2.13. The molecule has 0 saturated heterocycles. The van der Waals surface area contributed by atoms with Gasteiger partial charge in [0.1, 0.15) is 0 Å². The van der Waals surface area contributed by atoms with Crippen molar-refractivity contribution in [2.45, 2.75) is 54.4 Å².